The summed E-state index contributed by atoms with van der Waals surface area (Å²) in [5.74, 6) is 1.14. The van der Waals surface area contributed by atoms with E-state index in [1.54, 1.807) is 0 Å². The van der Waals surface area contributed by atoms with Crippen molar-refractivity contribution in [2.24, 2.45) is 5.73 Å². The van der Waals surface area contributed by atoms with Crippen LogP contribution in [-0.2, 0) is 13.1 Å². The van der Waals surface area contributed by atoms with E-state index in [0.717, 1.165) is 12.2 Å². The first-order valence-electron chi connectivity index (χ1n) is 6.06. The highest BCUT2D eigenvalue weighted by atomic mass is 35.5. The van der Waals surface area contributed by atoms with E-state index in [-0.39, 0.29) is 19.0 Å². The van der Waals surface area contributed by atoms with Gasteiger partial charge in [0.05, 0.1) is 13.1 Å². The van der Waals surface area contributed by atoms with Gasteiger partial charge >= 0.3 is 0 Å². The summed E-state index contributed by atoms with van der Waals surface area (Å²) in [5.41, 5.74) is 7.85. The van der Waals surface area contributed by atoms with Gasteiger partial charge in [0.25, 0.3) is 0 Å². The summed E-state index contributed by atoms with van der Waals surface area (Å²) in [6, 6.07) is 8.36. The maximum atomic E-state index is 5.45. The Bertz CT molecular complexity index is 515. The van der Waals surface area contributed by atoms with Crippen LogP contribution in [0, 0.1) is 6.92 Å². The molecule has 0 fully saturated rings. The summed E-state index contributed by atoms with van der Waals surface area (Å²) in [5, 5.41) is 3.91. The SMILES string of the molecule is CCN(Cc1noc(CN)n1)c1cccc(C)c1.Cl. The van der Waals surface area contributed by atoms with Gasteiger partial charge in [0.2, 0.25) is 5.89 Å². The fraction of sp³-hybridized carbons (Fsp3) is 0.385. The summed E-state index contributed by atoms with van der Waals surface area (Å²) in [6.07, 6.45) is 0. The average Bonchev–Trinajstić information content (AvgIpc) is 2.83. The van der Waals surface area contributed by atoms with Crippen molar-refractivity contribution in [2.75, 3.05) is 11.4 Å². The predicted molar refractivity (Wildman–Crippen MR) is 77.3 cm³/mol. The quantitative estimate of drug-likeness (QED) is 0.911. The molecular weight excluding hydrogens is 264 g/mol. The Labute approximate surface area is 119 Å². The van der Waals surface area contributed by atoms with Crippen LogP contribution in [0.3, 0.4) is 0 Å². The Morgan fingerprint density at radius 2 is 2.16 bits per heavy atom. The molecule has 104 valence electrons. The maximum absolute atomic E-state index is 5.45. The molecule has 0 unspecified atom stereocenters. The largest absolute Gasteiger partial charge is 0.364 e. The smallest absolute Gasteiger partial charge is 0.240 e. The van der Waals surface area contributed by atoms with Crippen molar-refractivity contribution in [3.63, 3.8) is 0 Å². The first-order chi connectivity index (χ1) is 8.72. The molecule has 0 radical (unpaired) electrons. The molecule has 2 aromatic rings. The van der Waals surface area contributed by atoms with Crippen LogP contribution in [0.25, 0.3) is 0 Å². The number of nitrogens with two attached hydrogens (primary N) is 1. The maximum Gasteiger partial charge on any atom is 0.240 e. The molecule has 5 nitrogen and oxygen atoms in total. The lowest BCUT2D eigenvalue weighted by atomic mass is 10.2. The molecule has 0 aliphatic heterocycles. The average molecular weight is 283 g/mol. The molecule has 0 aliphatic rings. The van der Waals surface area contributed by atoms with Crippen LogP contribution in [0.5, 0.6) is 0 Å². The van der Waals surface area contributed by atoms with Gasteiger partial charge in [0.1, 0.15) is 0 Å². The lowest BCUT2D eigenvalue weighted by Gasteiger charge is -2.21. The summed E-state index contributed by atoms with van der Waals surface area (Å²) in [6.45, 7) is 5.98. The lowest BCUT2D eigenvalue weighted by Crippen LogP contribution is -2.22. The van der Waals surface area contributed by atoms with Crippen molar-refractivity contribution < 1.29 is 4.52 Å². The molecule has 2 N–H and O–H groups in total. The molecule has 0 bridgehead atoms. The van der Waals surface area contributed by atoms with E-state index in [2.05, 4.69) is 53.2 Å². The summed E-state index contributed by atoms with van der Waals surface area (Å²) < 4.78 is 5.01. The molecule has 0 saturated carbocycles. The topological polar surface area (TPSA) is 68.2 Å². The third-order valence-electron chi connectivity index (χ3n) is 2.77. The van der Waals surface area contributed by atoms with Crippen molar-refractivity contribution in [1.82, 2.24) is 10.1 Å². The Hall–Kier alpha value is -1.59. The molecule has 0 amide bonds. The van der Waals surface area contributed by atoms with Gasteiger partial charge in [0.15, 0.2) is 5.82 Å². The molecule has 2 rings (SSSR count). The number of nitrogens with zero attached hydrogens (tertiary/aromatic N) is 3. The van der Waals surface area contributed by atoms with Crippen LogP contribution in [0.15, 0.2) is 28.8 Å². The van der Waals surface area contributed by atoms with Crippen LogP contribution >= 0.6 is 12.4 Å². The Morgan fingerprint density at radius 3 is 2.74 bits per heavy atom. The van der Waals surface area contributed by atoms with Crippen molar-refractivity contribution >= 4 is 18.1 Å². The van der Waals surface area contributed by atoms with Gasteiger partial charge in [-0.25, -0.2) is 0 Å². The first kappa shape index (κ1) is 15.5. The number of aryl methyl sites for hydroxylation is 1. The van der Waals surface area contributed by atoms with Gasteiger partial charge in [-0.3, -0.25) is 0 Å². The van der Waals surface area contributed by atoms with Crippen molar-refractivity contribution in [1.29, 1.82) is 0 Å². The van der Waals surface area contributed by atoms with E-state index >= 15 is 0 Å². The summed E-state index contributed by atoms with van der Waals surface area (Å²) in [7, 11) is 0. The zero-order valence-electron chi connectivity index (χ0n) is 11.2. The molecule has 0 aliphatic carbocycles. The third kappa shape index (κ3) is 3.94. The predicted octanol–water partition coefficient (Wildman–Crippen LogP) is 2.29. The first-order valence-corrected chi connectivity index (χ1v) is 6.06. The minimum atomic E-state index is 0. The van der Waals surface area contributed by atoms with E-state index < -0.39 is 0 Å². The molecule has 1 aromatic carbocycles. The zero-order chi connectivity index (χ0) is 13.0. The Balaban J connectivity index is 0.00000180. The van der Waals surface area contributed by atoms with Crippen LogP contribution in [0.4, 0.5) is 5.69 Å². The van der Waals surface area contributed by atoms with Gasteiger partial charge in [-0.1, -0.05) is 17.3 Å². The normalized spacial score (nSPS) is 10.1. The Kier molecular flexibility index (Phi) is 5.79. The number of anilines is 1. The van der Waals surface area contributed by atoms with Crippen LogP contribution in [0.2, 0.25) is 0 Å². The van der Waals surface area contributed by atoms with Crippen molar-refractivity contribution in [3.05, 3.63) is 41.5 Å². The van der Waals surface area contributed by atoms with Crippen LogP contribution in [-0.4, -0.2) is 16.7 Å². The molecule has 1 heterocycles. The molecular formula is C13H19ClN4O. The van der Waals surface area contributed by atoms with E-state index in [9.17, 15) is 0 Å². The highest BCUT2D eigenvalue weighted by Crippen LogP contribution is 2.17. The second-order valence-corrected chi connectivity index (χ2v) is 4.16. The molecule has 0 saturated heterocycles. The molecule has 0 spiro atoms. The molecule has 6 heteroatoms. The summed E-state index contributed by atoms with van der Waals surface area (Å²) in [4.78, 5) is 6.41. The molecule has 1 aromatic heterocycles. The van der Waals surface area contributed by atoms with E-state index in [1.807, 2.05) is 0 Å². The number of hydrogen-bond donors (Lipinski definition) is 1. The number of rotatable bonds is 5. The van der Waals surface area contributed by atoms with E-state index in [0.29, 0.717) is 18.3 Å². The standard InChI is InChI=1S/C13H18N4O.ClH/c1-3-17(11-6-4-5-10(2)7-11)9-12-15-13(8-14)18-16-12;/h4-7H,3,8-9,14H2,1-2H3;1H. The number of hydrogen-bond acceptors (Lipinski definition) is 5. The highest BCUT2D eigenvalue weighted by molar-refractivity contribution is 5.85. The van der Waals surface area contributed by atoms with Crippen molar-refractivity contribution in [3.8, 4) is 0 Å². The lowest BCUT2D eigenvalue weighted by molar-refractivity contribution is 0.374. The fourth-order valence-electron chi connectivity index (χ4n) is 1.82. The second-order valence-electron chi connectivity index (χ2n) is 4.16. The minimum Gasteiger partial charge on any atom is -0.364 e. The van der Waals surface area contributed by atoms with Crippen LogP contribution < -0.4 is 10.6 Å². The van der Waals surface area contributed by atoms with Gasteiger partial charge in [-0.2, -0.15) is 4.98 Å². The molecule has 0 atom stereocenters. The monoisotopic (exact) mass is 282 g/mol. The van der Waals surface area contributed by atoms with Gasteiger partial charge < -0.3 is 15.2 Å². The minimum absolute atomic E-state index is 0. The van der Waals surface area contributed by atoms with E-state index in [1.165, 1.54) is 5.56 Å². The fourth-order valence-corrected chi connectivity index (χ4v) is 1.82. The zero-order valence-corrected chi connectivity index (χ0v) is 12.0. The Morgan fingerprint density at radius 1 is 1.37 bits per heavy atom. The third-order valence-corrected chi connectivity index (χ3v) is 2.77. The highest BCUT2D eigenvalue weighted by Gasteiger charge is 2.10. The number of aromatic nitrogens is 2. The van der Waals surface area contributed by atoms with Gasteiger partial charge in [0, 0.05) is 12.2 Å². The number of halogens is 1. The molecule has 19 heavy (non-hydrogen) atoms. The summed E-state index contributed by atoms with van der Waals surface area (Å²) >= 11 is 0. The van der Waals surface area contributed by atoms with Crippen molar-refractivity contribution in [2.45, 2.75) is 26.9 Å². The van der Waals surface area contributed by atoms with E-state index in [4.69, 9.17) is 10.3 Å². The second kappa shape index (κ2) is 7.11. The van der Waals surface area contributed by atoms with Gasteiger partial charge in [-0.15, -0.1) is 12.4 Å². The van der Waals surface area contributed by atoms with Gasteiger partial charge in [-0.05, 0) is 31.5 Å². The number of benzene rings is 1. The van der Waals surface area contributed by atoms with Crippen LogP contribution in [0.1, 0.15) is 24.2 Å².